The summed E-state index contributed by atoms with van der Waals surface area (Å²) in [5, 5.41) is 11.1. The van der Waals surface area contributed by atoms with Gasteiger partial charge in [0.1, 0.15) is 12.6 Å². The van der Waals surface area contributed by atoms with E-state index in [9.17, 15) is 22.8 Å². The van der Waals surface area contributed by atoms with Crippen molar-refractivity contribution >= 4 is 12.0 Å². The van der Waals surface area contributed by atoms with Crippen LogP contribution in [-0.4, -0.2) is 60.5 Å². The summed E-state index contributed by atoms with van der Waals surface area (Å²) in [6, 6.07) is -2.66. The van der Waals surface area contributed by atoms with Crippen LogP contribution in [0.15, 0.2) is 0 Å². The molecule has 0 radical (unpaired) electrons. The molecular weight excluding hydrogens is 293 g/mol. The molecule has 122 valence electrons. The summed E-state index contributed by atoms with van der Waals surface area (Å²) in [4.78, 5) is 23.6. The minimum Gasteiger partial charge on any atom is -0.480 e. The number of halogens is 3. The smallest absolute Gasteiger partial charge is 0.406 e. The van der Waals surface area contributed by atoms with Crippen LogP contribution in [0.3, 0.4) is 0 Å². The van der Waals surface area contributed by atoms with E-state index >= 15 is 0 Å². The number of urea groups is 1. The van der Waals surface area contributed by atoms with E-state index in [-0.39, 0.29) is 6.42 Å². The Morgan fingerprint density at radius 1 is 1.43 bits per heavy atom. The molecule has 6 nitrogen and oxygen atoms in total. The maximum absolute atomic E-state index is 12.4. The van der Waals surface area contributed by atoms with Gasteiger partial charge in [-0.15, -0.1) is 0 Å². The first kappa shape index (κ1) is 17.5. The van der Waals surface area contributed by atoms with E-state index in [2.05, 4.69) is 5.32 Å². The monoisotopic (exact) mass is 312 g/mol. The first-order chi connectivity index (χ1) is 9.74. The Hall–Kier alpha value is -1.51. The number of aliphatic carboxylic acids is 1. The van der Waals surface area contributed by atoms with Crippen molar-refractivity contribution in [2.75, 3.05) is 20.3 Å². The van der Waals surface area contributed by atoms with Crippen LogP contribution in [0.1, 0.15) is 25.7 Å². The van der Waals surface area contributed by atoms with Crippen molar-refractivity contribution in [1.29, 1.82) is 0 Å². The Morgan fingerprint density at radius 2 is 2.05 bits per heavy atom. The molecule has 0 aromatic heterocycles. The van der Waals surface area contributed by atoms with Crippen LogP contribution in [0.4, 0.5) is 18.0 Å². The molecule has 1 fully saturated rings. The summed E-state index contributed by atoms with van der Waals surface area (Å²) in [5.74, 6) is -1.28. The zero-order valence-electron chi connectivity index (χ0n) is 11.7. The minimum atomic E-state index is -4.51. The lowest BCUT2D eigenvalue weighted by atomic mass is 10.1. The number of carbonyl (C=O) groups is 2. The van der Waals surface area contributed by atoms with Crippen LogP contribution >= 0.6 is 0 Å². The second-order valence-corrected chi connectivity index (χ2v) is 4.95. The average Bonchev–Trinajstić information content (AvgIpc) is 3.17. The lowest BCUT2D eigenvalue weighted by molar-refractivity contribution is -0.141. The lowest BCUT2D eigenvalue weighted by Crippen LogP contribution is -2.51. The molecule has 2 amide bonds. The molecule has 1 aliphatic rings. The second kappa shape index (κ2) is 7.48. The summed E-state index contributed by atoms with van der Waals surface area (Å²) < 4.78 is 42.1. The average molecular weight is 312 g/mol. The number of hydrogen-bond donors (Lipinski definition) is 2. The van der Waals surface area contributed by atoms with E-state index in [1.165, 1.54) is 7.11 Å². The van der Waals surface area contributed by atoms with Crippen LogP contribution in [-0.2, 0) is 9.53 Å². The number of methoxy groups -OCH3 is 1. The van der Waals surface area contributed by atoms with Gasteiger partial charge in [-0.25, -0.2) is 9.59 Å². The van der Waals surface area contributed by atoms with Crippen LogP contribution in [0.25, 0.3) is 0 Å². The highest BCUT2D eigenvalue weighted by molar-refractivity contribution is 5.82. The third kappa shape index (κ3) is 6.65. The molecule has 1 saturated carbocycles. The number of hydrogen-bond acceptors (Lipinski definition) is 3. The number of ether oxygens (including phenoxy) is 1. The number of alkyl halides is 3. The van der Waals surface area contributed by atoms with Gasteiger partial charge in [0.25, 0.3) is 0 Å². The van der Waals surface area contributed by atoms with Gasteiger partial charge in [-0.3, -0.25) is 0 Å². The predicted octanol–water partition coefficient (Wildman–Crippen LogP) is 1.60. The predicted molar refractivity (Wildman–Crippen MR) is 66.8 cm³/mol. The summed E-state index contributed by atoms with van der Waals surface area (Å²) in [6.07, 6.45) is -3.01. The van der Waals surface area contributed by atoms with Crippen LogP contribution in [0, 0.1) is 0 Å². The lowest BCUT2D eigenvalue weighted by Gasteiger charge is -2.26. The van der Waals surface area contributed by atoms with Crippen molar-refractivity contribution in [3.8, 4) is 0 Å². The molecule has 21 heavy (non-hydrogen) atoms. The molecule has 0 saturated heterocycles. The number of nitrogens with zero attached hydrogens (tertiary/aromatic N) is 1. The van der Waals surface area contributed by atoms with Gasteiger partial charge in [0, 0.05) is 19.8 Å². The fourth-order valence-electron chi connectivity index (χ4n) is 1.87. The minimum absolute atomic E-state index is 0.0967. The summed E-state index contributed by atoms with van der Waals surface area (Å²) in [7, 11) is 1.45. The number of rotatable bonds is 8. The number of carbonyl (C=O) groups excluding carboxylic acids is 1. The topological polar surface area (TPSA) is 78.9 Å². The third-order valence-corrected chi connectivity index (χ3v) is 3.04. The van der Waals surface area contributed by atoms with Crippen molar-refractivity contribution in [2.24, 2.45) is 0 Å². The van der Waals surface area contributed by atoms with Crippen molar-refractivity contribution in [3.05, 3.63) is 0 Å². The van der Waals surface area contributed by atoms with Gasteiger partial charge in [-0.05, 0) is 25.7 Å². The molecule has 0 aromatic carbocycles. The first-order valence-electron chi connectivity index (χ1n) is 6.60. The highest BCUT2D eigenvalue weighted by Gasteiger charge is 2.41. The molecule has 1 unspecified atom stereocenters. The van der Waals surface area contributed by atoms with Crippen molar-refractivity contribution in [3.63, 3.8) is 0 Å². The van der Waals surface area contributed by atoms with E-state index in [0.29, 0.717) is 30.8 Å². The summed E-state index contributed by atoms with van der Waals surface area (Å²) in [5.41, 5.74) is 0. The van der Waals surface area contributed by atoms with Crippen LogP contribution in [0.5, 0.6) is 0 Å². The Morgan fingerprint density at radius 3 is 2.48 bits per heavy atom. The zero-order valence-corrected chi connectivity index (χ0v) is 11.7. The molecule has 0 spiro atoms. The Labute approximate surface area is 120 Å². The molecule has 0 bridgehead atoms. The van der Waals surface area contributed by atoms with Gasteiger partial charge < -0.3 is 20.1 Å². The van der Waals surface area contributed by atoms with Crippen molar-refractivity contribution in [1.82, 2.24) is 10.2 Å². The largest absolute Gasteiger partial charge is 0.480 e. The molecule has 9 heteroatoms. The van der Waals surface area contributed by atoms with Gasteiger partial charge in [-0.1, -0.05) is 0 Å². The van der Waals surface area contributed by atoms with Gasteiger partial charge in [0.2, 0.25) is 0 Å². The van der Waals surface area contributed by atoms with Gasteiger partial charge in [0.05, 0.1) is 0 Å². The molecule has 0 aliphatic heterocycles. The molecule has 0 aromatic rings. The number of nitrogens with one attached hydrogen (secondary N) is 1. The maximum atomic E-state index is 12.4. The van der Waals surface area contributed by atoms with Crippen molar-refractivity contribution < 1.29 is 32.6 Å². The zero-order chi connectivity index (χ0) is 16.0. The normalized spacial score (nSPS) is 16.4. The number of carboxylic acid groups (broad SMARTS) is 1. The van der Waals surface area contributed by atoms with Crippen LogP contribution < -0.4 is 5.32 Å². The first-order valence-corrected chi connectivity index (χ1v) is 6.60. The maximum Gasteiger partial charge on any atom is 0.406 e. The molecule has 2 N–H and O–H groups in total. The summed E-state index contributed by atoms with van der Waals surface area (Å²) in [6.45, 7) is -1.05. The van der Waals surface area contributed by atoms with Gasteiger partial charge in [0.15, 0.2) is 0 Å². The SMILES string of the molecule is COCCCC(NC(=O)N(CC(F)(F)F)C1CC1)C(=O)O. The highest BCUT2D eigenvalue weighted by atomic mass is 19.4. The Bertz CT molecular complexity index is 372. The fourth-order valence-corrected chi connectivity index (χ4v) is 1.87. The van der Waals surface area contributed by atoms with E-state index in [4.69, 9.17) is 9.84 Å². The van der Waals surface area contributed by atoms with E-state index in [0.717, 1.165) is 0 Å². The third-order valence-electron chi connectivity index (χ3n) is 3.04. The van der Waals surface area contributed by atoms with E-state index in [1.807, 2.05) is 0 Å². The number of amides is 2. The molecular formula is C12H19F3N2O4. The Kier molecular flexibility index (Phi) is 6.25. The number of carboxylic acids is 1. The molecule has 1 rings (SSSR count). The molecule has 0 heterocycles. The quantitative estimate of drug-likeness (QED) is 0.667. The molecule has 1 aliphatic carbocycles. The van der Waals surface area contributed by atoms with Crippen molar-refractivity contribution in [2.45, 2.75) is 43.9 Å². The Balaban J connectivity index is 2.58. The van der Waals surface area contributed by atoms with E-state index < -0.39 is 36.8 Å². The van der Waals surface area contributed by atoms with E-state index in [1.54, 1.807) is 0 Å². The second-order valence-electron chi connectivity index (χ2n) is 4.95. The van der Waals surface area contributed by atoms with Gasteiger partial charge >= 0.3 is 18.2 Å². The fraction of sp³-hybridized carbons (Fsp3) is 0.833. The summed E-state index contributed by atoms with van der Waals surface area (Å²) >= 11 is 0. The van der Waals surface area contributed by atoms with Gasteiger partial charge in [-0.2, -0.15) is 13.2 Å². The molecule has 1 atom stereocenters. The standard InChI is InChI=1S/C12H19F3N2O4/c1-21-6-2-3-9(10(18)19)16-11(20)17(8-4-5-8)7-12(13,14)15/h8-9H,2-7H2,1H3,(H,16,20)(H,18,19). The highest BCUT2D eigenvalue weighted by Crippen LogP contribution is 2.30. The van der Waals surface area contributed by atoms with Crippen LogP contribution in [0.2, 0.25) is 0 Å².